The molecule has 0 atom stereocenters. The third-order valence-electron chi connectivity index (χ3n) is 3.35. The van der Waals surface area contributed by atoms with E-state index in [4.69, 9.17) is 17.0 Å². The molecule has 1 aromatic carbocycles. The number of fused-ring (bicyclic) bond motifs is 2. The lowest BCUT2D eigenvalue weighted by molar-refractivity contribution is 1.20. The van der Waals surface area contributed by atoms with E-state index in [1.807, 2.05) is 40.9 Å². The Bertz CT molecular complexity index is 956. The molecule has 0 aliphatic rings. The van der Waals surface area contributed by atoms with Crippen molar-refractivity contribution >= 4 is 38.9 Å². The van der Waals surface area contributed by atoms with Crippen molar-refractivity contribution in [3.8, 4) is 0 Å². The van der Waals surface area contributed by atoms with Crippen LogP contribution in [0.5, 0.6) is 0 Å². The summed E-state index contributed by atoms with van der Waals surface area (Å²) < 4.78 is 2.01. The highest BCUT2D eigenvalue weighted by molar-refractivity contribution is 6.37. The van der Waals surface area contributed by atoms with Crippen LogP contribution in [-0.4, -0.2) is 9.38 Å². The summed E-state index contributed by atoms with van der Waals surface area (Å²) in [5.41, 5.74) is 2.61. The molecule has 3 heterocycles. The standard InChI is InChI=1S/C14H8ClN3/c15-9-3-4-10-12-8(9)5-6-17-14(12)13(16)11-2-1-7-18(10)11/h1-7,16H. The van der Waals surface area contributed by atoms with Crippen molar-refractivity contribution in [1.29, 1.82) is 5.41 Å². The van der Waals surface area contributed by atoms with Crippen LogP contribution in [0.2, 0.25) is 5.02 Å². The van der Waals surface area contributed by atoms with E-state index in [0.29, 0.717) is 15.9 Å². The first-order valence-electron chi connectivity index (χ1n) is 5.61. The van der Waals surface area contributed by atoms with E-state index in [1.165, 1.54) is 0 Å². The molecule has 0 aliphatic heterocycles. The van der Waals surface area contributed by atoms with Gasteiger partial charge in [0.15, 0.2) is 0 Å². The molecule has 0 aliphatic carbocycles. The average Bonchev–Trinajstić information content (AvgIpc) is 2.87. The second kappa shape index (κ2) is 3.21. The molecular weight excluding hydrogens is 246 g/mol. The van der Waals surface area contributed by atoms with Crippen LogP contribution in [0.15, 0.2) is 42.7 Å². The molecule has 4 aromatic rings. The Morgan fingerprint density at radius 3 is 2.89 bits per heavy atom. The third-order valence-corrected chi connectivity index (χ3v) is 3.68. The fraction of sp³-hybridized carbons (Fsp3) is 0. The van der Waals surface area contributed by atoms with Gasteiger partial charge < -0.3 is 4.40 Å². The monoisotopic (exact) mass is 253 g/mol. The van der Waals surface area contributed by atoms with Crippen molar-refractivity contribution in [3.63, 3.8) is 0 Å². The Balaban J connectivity index is 2.53. The van der Waals surface area contributed by atoms with Gasteiger partial charge in [-0.2, -0.15) is 0 Å². The summed E-state index contributed by atoms with van der Waals surface area (Å²) in [6.45, 7) is 0. The van der Waals surface area contributed by atoms with E-state index in [-0.39, 0.29) is 0 Å². The SMILES string of the molecule is N=c1c2nccc3c(Cl)ccc(c32)n2cccc12. The lowest BCUT2D eigenvalue weighted by atomic mass is 10.1. The van der Waals surface area contributed by atoms with E-state index in [0.717, 1.165) is 21.8 Å². The molecule has 0 unspecified atom stereocenters. The molecule has 0 spiro atoms. The van der Waals surface area contributed by atoms with Gasteiger partial charge in [0, 0.05) is 28.2 Å². The van der Waals surface area contributed by atoms with Gasteiger partial charge in [0.2, 0.25) is 0 Å². The molecule has 18 heavy (non-hydrogen) atoms. The smallest absolute Gasteiger partial charge is 0.104 e. The summed E-state index contributed by atoms with van der Waals surface area (Å²) in [5, 5.41) is 11.3. The number of nitrogens with zero attached hydrogens (tertiary/aromatic N) is 2. The van der Waals surface area contributed by atoms with Crippen LogP contribution < -0.4 is 5.36 Å². The second-order valence-electron chi connectivity index (χ2n) is 4.29. The zero-order chi connectivity index (χ0) is 12.3. The second-order valence-corrected chi connectivity index (χ2v) is 4.69. The molecule has 86 valence electrons. The molecule has 3 nitrogen and oxygen atoms in total. The van der Waals surface area contributed by atoms with Gasteiger partial charge >= 0.3 is 0 Å². The molecule has 0 saturated carbocycles. The van der Waals surface area contributed by atoms with Crippen LogP contribution in [0.1, 0.15) is 0 Å². The Labute approximate surface area is 107 Å². The first-order valence-corrected chi connectivity index (χ1v) is 5.99. The van der Waals surface area contributed by atoms with E-state index < -0.39 is 0 Å². The summed E-state index contributed by atoms with van der Waals surface area (Å²) in [7, 11) is 0. The lowest BCUT2D eigenvalue weighted by Gasteiger charge is -2.09. The van der Waals surface area contributed by atoms with Crippen molar-refractivity contribution in [2.75, 3.05) is 0 Å². The van der Waals surface area contributed by atoms with Crippen molar-refractivity contribution in [3.05, 3.63) is 53.1 Å². The van der Waals surface area contributed by atoms with Crippen LogP contribution in [0.4, 0.5) is 0 Å². The fourth-order valence-corrected chi connectivity index (χ4v) is 2.77. The molecule has 4 heteroatoms. The third kappa shape index (κ3) is 1.05. The summed E-state index contributed by atoms with van der Waals surface area (Å²) in [6.07, 6.45) is 3.67. The van der Waals surface area contributed by atoms with Gasteiger partial charge in [0.05, 0.1) is 16.6 Å². The predicted octanol–water partition coefficient (Wildman–Crippen LogP) is 3.21. The van der Waals surface area contributed by atoms with E-state index in [1.54, 1.807) is 6.20 Å². The molecule has 1 N–H and O–H groups in total. The maximum absolute atomic E-state index is 8.25. The van der Waals surface area contributed by atoms with Crippen molar-refractivity contribution in [2.24, 2.45) is 0 Å². The number of hydrogen-bond acceptors (Lipinski definition) is 2. The minimum absolute atomic E-state index is 0.445. The molecule has 0 fully saturated rings. The summed E-state index contributed by atoms with van der Waals surface area (Å²) in [5.74, 6) is 0. The topological polar surface area (TPSA) is 41.2 Å². The van der Waals surface area contributed by atoms with Crippen LogP contribution in [0.25, 0.3) is 27.3 Å². The van der Waals surface area contributed by atoms with Crippen LogP contribution >= 0.6 is 11.6 Å². The number of pyridine rings is 2. The van der Waals surface area contributed by atoms with Gasteiger partial charge in [-0.3, -0.25) is 10.4 Å². The van der Waals surface area contributed by atoms with Crippen LogP contribution in [0.3, 0.4) is 0 Å². The number of benzene rings is 1. The van der Waals surface area contributed by atoms with Gasteiger partial charge in [-0.25, -0.2) is 0 Å². The fourth-order valence-electron chi connectivity index (χ4n) is 2.55. The Morgan fingerprint density at radius 2 is 2.00 bits per heavy atom. The molecule has 4 rings (SSSR count). The highest BCUT2D eigenvalue weighted by atomic mass is 35.5. The number of aromatic nitrogens is 2. The summed E-state index contributed by atoms with van der Waals surface area (Å²) >= 11 is 6.22. The number of hydrogen-bond donors (Lipinski definition) is 1. The number of rotatable bonds is 0. The van der Waals surface area contributed by atoms with Gasteiger partial charge in [0.1, 0.15) is 5.36 Å². The van der Waals surface area contributed by atoms with Gasteiger partial charge in [-0.1, -0.05) is 11.6 Å². The number of halogens is 1. The van der Waals surface area contributed by atoms with Gasteiger partial charge in [-0.15, -0.1) is 0 Å². The van der Waals surface area contributed by atoms with Gasteiger partial charge in [0.25, 0.3) is 0 Å². The molecule has 0 amide bonds. The maximum Gasteiger partial charge on any atom is 0.104 e. The zero-order valence-corrected chi connectivity index (χ0v) is 10.1. The highest BCUT2D eigenvalue weighted by Gasteiger charge is 2.11. The minimum atomic E-state index is 0.445. The normalized spacial score (nSPS) is 11.8. The van der Waals surface area contributed by atoms with E-state index in [2.05, 4.69) is 4.98 Å². The van der Waals surface area contributed by atoms with E-state index in [9.17, 15) is 0 Å². The molecule has 0 bridgehead atoms. The van der Waals surface area contributed by atoms with Crippen LogP contribution in [0, 0.1) is 5.41 Å². The number of nitrogens with one attached hydrogen (secondary N) is 1. The van der Waals surface area contributed by atoms with Crippen molar-refractivity contribution in [1.82, 2.24) is 9.38 Å². The molecule has 3 aromatic heterocycles. The molecule has 0 saturated heterocycles. The van der Waals surface area contributed by atoms with Crippen molar-refractivity contribution in [2.45, 2.75) is 0 Å². The zero-order valence-electron chi connectivity index (χ0n) is 9.31. The first-order chi connectivity index (χ1) is 8.77. The van der Waals surface area contributed by atoms with Crippen LogP contribution in [-0.2, 0) is 0 Å². The highest BCUT2D eigenvalue weighted by Crippen LogP contribution is 2.29. The molecule has 0 radical (unpaired) electrons. The van der Waals surface area contributed by atoms with Gasteiger partial charge in [-0.05, 0) is 30.3 Å². The summed E-state index contributed by atoms with van der Waals surface area (Å²) in [6, 6.07) is 9.64. The Hall–Kier alpha value is -2.13. The lowest BCUT2D eigenvalue weighted by Crippen LogP contribution is -2.08. The minimum Gasteiger partial charge on any atom is -0.314 e. The summed E-state index contributed by atoms with van der Waals surface area (Å²) in [4.78, 5) is 4.34. The first kappa shape index (κ1) is 9.85. The largest absolute Gasteiger partial charge is 0.314 e. The Kier molecular flexibility index (Phi) is 1.76. The average molecular weight is 254 g/mol. The van der Waals surface area contributed by atoms with E-state index >= 15 is 0 Å². The predicted molar refractivity (Wildman–Crippen MR) is 72.3 cm³/mol. The maximum atomic E-state index is 8.25. The Morgan fingerprint density at radius 1 is 1.11 bits per heavy atom. The van der Waals surface area contributed by atoms with Crippen molar-refractivity contribution < 1.29 is 0 Å². The molecular formula is C14H8ClN3. The quantitative estimate of drug-likeness (QED) is 0.514.